The molecule has 120 valence electrons. The van der Waals surface area contributed by atoms with Crippen molar-refractivity contribution in [2.45, 2.75) is 57.9 Å². The molecule has 2 fully saturated rings. The van der Waals surface area contributed by atoms with Crippen LogP contribution in [0.25, 0.3) is 0 Å². The SMILES string of the molecule is CCC1CCCCN1C(=O)CNCC1CCCC1C(=O)O. The van der Waals surface area contributed by atoms with E-state index < -0.39 is 5.97 Å². The van der Waals surface area contributed by atoms with E-state index in [9.17, 15) is 9.59 Å². The number of hydrogen-bond donors (Lipinski definition) is 2. The zero-order valence-corrected chi connectivity index (χ0v) is 13.0. The summed E-state index contributed by atoms with van der Waals surface area (Å²) in [6, 6.07) is 0.395. The number of hydrogen-bond acceptors (Lipinski definition) is 3. The molecule has 3 atom stereocenters. The minimum atomic E-state index is -0.687. The van der Waals surface area contributed by atoms with Gasteiger partial charge in [-0.2, -0.15) is 0 Å². The zero-order valence-electron chi connectivity index (χ0n) is 13.0. The van der Waals surface area contributed by atoms with E-state index in [0.29, 0.717) is 19.1 Å². The normalized spacial score (nSPS) is 29.6. The number of nitrogens with one attached hydrogen (secondary N) is 1. The Labute approximate surface area is 127 Å². The lowest BCUT2D eigenvalue weighted by molar-refractivity contribution is -0.142. The Morgan fingerprint density at radius 2 is 2.00 bits per heavy atom. The van der Waals surface area contributed by atoms with Gasteiger partial charge in [0.05, 0.1) is 12.5 Å². The van der Waals surface area contributed by atoms with Crippen molar-refractivity contribution in [2.75, 3.05) is 19.6 Å². The van der Waals surface area contributed by atoms with Crippen LogP contribution in [-0.4, -0.2) is 47.6 Å². The third-order valence-electron chi connectivity index (χ3n) is 5.08. The maximum atomic E-state index is 12.3. The number of amides is 1. The van der Waals surface area contributed by atoms with Crippen molar-refractivity contribution in [3.05, 3.63) is 0 Å². The Balaban J connectivity index is 1.75. The van der Waals surface area contributed by atoms with Crippen LogP contribution >= 0.6 is 0 Å². The van der Waals surface area contributed by atoms with Crippen LogP contribution in [0.1, 0.15) is 51.9 Å². The molecule has 2 N–H and O–H groups in total. The molecule has 0 bridgehead atoms. The second-order valence-electron chi connectivity index (χ2n) is 6.41. The number of carboxylic acid groups (broad SMARTS) is 1. The number of aliphatic carboxylic acids is 1. The number of rotatable bonds is 6. The number of carbonyl (C=O) groups excluding carboxylic acids is 1. The van der Waals surface area contributed by atoms with Gasteiger partial charge < -0.3 is 15.3 Å². The fourth-order valence-electron chi connectivity index (χ4n) is 3.83. The molecule has 1 saturated carbocycles. The highest BCUT2D eigenvalue weighted by molar-refractivity contribution is 5.78. The summed E-state index contributed by atoms with van der Waals surface area (Å²) < 4.78 is 0. The quantitative estimate of drug-likeness (QED) is 0.785. The summed E-state index contributed by atoms with van der Waals surface area (Å²) in [5.41, 5.74) is 0. The molecular weight excluding hydrogens is 268 g/mol. The Morgan fingerprint density at radius 1 is 1.19 bits per heavy atom. The molecule has 0 aromatic carbocycles. The highest BCUT2D eigenvalue weighted by Gasteiger charge is 2.32. The maximum absolute atomic E-state index is 12.3. The highest BCUT2D eigenvalue weighted by atomic mass is 16.4. The van der Waals surface area contributed by atoms with Crippen LogP contribution in [-0.2, 0) is 9.59 Å². The maximum Gasteiger partial charge on any atom is 0.306 e. The number of nitrogens with zero attached hydrogens (tertiary/aromatic N) is 1. The molecule has 2 rings (SSSR count). The Kier molecular flexibility index (Phi) is 6.03. The molecular formula is C16H28N2O3. The average molecular weight is 296 g/mol. The molecule has 5 heteroatoms. The van der Waals surface area contributed by atoms with Gasteiger partial charge in [0.25, 0.3) is 0 Å². The van der Waals surface area contributed by atoms with E-state index in [1.54, 1.807) is 0 Å². The van der Waals surface area contributed by atoms with Crippen LogP contribution in [0.4, 0.5) is 0 Å². The van der Waals surface area contributed by atoms with E-state index in [-0.39, 0.29) is 17.7 Å². The van der Waals surface area contributed by atoms with Gasteiger partial charge in [0.15, 0.2) is 0 Å². The van der Waals surface area contributed by atoms with Gasteiger partial charge in [0.1, 0.15) is 0 Å². The predicted octanol–water partition coefficient (Wildman–Crippen LogP) is 1.87. The monoisotopic (exact) mass is 296 g/mol. The van der Waals surface area contributed by atoms with Crippen molar-refractivity contribution in [2.24, 2.45) is 11.8 Å². The average Bonchev–Trinajstić information content (AvgIpc) is 2.95. The molecule has 0 radical (unpaired) electrons. The highest BCUT2D eigenvalue weighted by Crippen LogP contribution is 2.31. The van der Waals surface area contributed by atoms with Crippen LogP contribution in [0.15, 0.2) is 0 Å². The van der Waals surface area contributed by atoms with Crippen molar-refractivity contribution in [3.63, 3.8) is 0 Å². The van der Waals surface area contributed by atoms with Gasteiger partial charge in [-0.05, 0) is 51.0 Å². The molecule has 1 saturated heterocycles. The van der Waals surface area contributed by atoms with Crippen LogP contribution in [0.3, 0.4) is 0 Å². The minimum Gasteiger partial charge on any atom is -0.481 e. The van der Waals surface area contributed by atoms with Gasteiger partial charge in [-0.3, -0.25) is 9.59 Å². The molecule has 0 aromatic rings. The fraction of sp³-hybridized carbons (Fsp3) is 0.875. The first-order chi connectivity index (χ1) is 10.1. The lowest BCUT2D eigenvalue weighted by atomic mass is 9.96. The van der Waals surface area contributed by atoms with Gasteiger partial charge in [-0.25, -0.2) is 0 Å². The van der Waals surface area contributed by atoms with Crippen LogP contribution in [0.2, 0.25) is 0 Å². The van der Waals surface area contributed by atoms with Crippen LogP contribution in [0, 0.1) is 11.8 Å². The summed E-state index contributed by atoms with van der Waals surface area (Å²) in [7, 11) is 0. The molecule has 2 aliphatic rings. The van der Waals surface area contributed by atoms with Crippen molar-refractivity contribution < 1.29 is 14.7 Å². The Hall–Kier alpha value is -1.10. The summed E-state index contributed by atoms with van der Waals surface area (Å²) in [6.45, 7) is 4.01. The first kappa shape index (κ1) is 16.3. The van der Waals surface area contributed by atoms with E-state index in [2.05, 4.69) is 12.2 Å². The number of carboxylic acids is 1. The largest absolute Gasteiger partial charge is 0.481 e. The summed E-state index contributed by atoms with van der Waals surface area (Å²) in [5, 5.41) is 12.4. The standard InChI is InChI=1S/C16H28N2O3/c1-2-13-7-3-4-9-18(13)15(19)11-17-10-12-6-5-8-14(12)16(20)21/h12-14,17H,2-11H2,1H3,(H,20,21). The Bertz CT molecular complexity index is 373. The third-order valence-corrected chi connectivity index (χ3v) is 5.08. The van der Waals surface area contributed by atoms with Crippen molar-refractivity contribution >= 4 is 11.9 Å². The first-order valence-corrected chi connectivity index (χ1v) is 8.36. The Morgan fingerprint density at radius 3 is 2.71 bits per heavy atom. The molecule has 1 amide bonds. The molecule has 1 heterocycles. The van der Waals surface area contributed by atoms with Gasteiger partial charge >= 0.3 is 5.97 Å². The number of carbonyl (C=O) groups is 2. The second kappa shape index (κ2) is 7.78. The van der Waals surface area contributed by atoms with E-state index in [1.807, 2.05) is 4.90 Å². The lowest BCUT2D eigenvalue weighted by Crippen LogP contribution is -2.47. The molecule has 0 aromatic heterocycles. The second-order valence-corrected chi connectivity index (χ2v) is 6.41. The van der Waals surface area contributed by atoms with Crippen molar-refractivity contribution in [1.82, 2.24) is 10.2 Å². The summed E-state index contributed by atoms with van der Waals surface area (Å²) in [4.78, 5) is 25.5. The van der Waals surface area contributed by atoms with Crippen LogP contribution in [0.5, 0.6) is 0 Å². The molecule has 0 spiro atoms. The minimum absolute atomic E-state index is 0.173. The molecule has 1 aliphatic heterocycles. The lowest BCUT2D eigenvalue weighted by Gasteiger charge is -2.35. The fourth-order valence-corrected chi connectivity index (χ4v) is 3.83. The smallest absolute Gasteiger partial charge is 0.306 e. The van der Waals surface area contributed by atoms with E-state index in [1.165, 1.54) is 6.42 Å². The third kappa shape index (κ3) is 4.19. The molecule has 21 heavy (non-hydrogen) atoms. The molecule has 1 aliphatic carbocycles. The summed E-state index contributed by atoms with van der Waals surface area (Å²) in [5.74, 6) is -0.566. The molecule has 3 unspecified atom stereocenters. The summed E-state index contributed by atoms with van der Waals surface area (Å²) >= 11 is 0. The van der Waals surface area contributed by atoms with Crippen molar-refractivity contribution in [1.29, 1.82) is 0 Å². The van der Waals surface area contributed by atoms with Gasteiger partial charge in [-0.15, -0.1) is 0 Å². The number of likely N-dealkylation sites (tertiary alicyclic amines) is 1. The first-order valence-electron chi connectivity index (χ1n) is 8.36. The van der Waals surface area contributed by atoms with Crippen LogP contribution < -0.4 is 5.32 Å². The molecule has 5 nitrogen and oxygen atoms in total. The van der Waals surface area contributed by atoms with E-state index >= 15 is 0 Å². The summed E-state index contributed by atoms with van der Waals surface area (Å²) in [6.07, 6.45) is 7.19. The van der Waals surface area contributed by atoms with Gasteiger partial charge in [0.2, 0.25) is 5.91 Å². The topological polar surface area (TPSA) is 69.6 Å². The van der Waals surface area contributed by atoms with Gasteiger partial charge in [-0.1, -0.05) is 13.3 Å². The van der Waals surface area contributed by atoms with E-state index in [0.717, 1.165) is 45.1 Å². The number of piperidine rings is 1. The van der Waals surface area contributed by atoms with E-state index in [4.69, 9.17) is 5.11 Å². The predicted molar refractivity (Wildman–Crippen MR) is 81.0 cm³/mol. The van der Waals surface area contributed by atoms with Crippen molar-refractivity contribution in [3.8, 4) is 0 Å². The zero-order chi connectivity index (χ0) is 15.2. The van der Waals surface area contributed by atoms with Gasteiger partial charge in [0, 0.05) is 12.6 Å².